The van der Waals surface area contributed by atoms with Crippen molar-refractivity contribution in [1.29, 1.82) is 0 Å². The molecular formula is C36H22N2O. The van der Waals surface area contributed by atoms with Crippen molar-refractivity contribution in [1.82, 2.24) is 9.13 Å². The summed E-state index contributed by atoms with van der Waals surface area (Å²) < 4.78 is 11.0. The molecule has 3 heteroatoms. The van der Waals surface area contributed by atoms with Crippen LogP contribution in [-0.2, 0) is 0 Å². The van der Waals surface area contributed by atoms with Crippen LogP contribution in [0.25, 0.3) is 76.9 Å². The van der Waals surface area contributed by atoms with Crippen LogP contribution in [0, 0.1) is 0 Å². The fraction of sp³-hybridized carbons (Fsp3) is 0. The van der Waals surface area contributed by atoms with E-state index in [4.69, 9.17) is 4.42 Å². The zero-order chi connectivity index (χ0) is 25.5. The fourth-order valence-electron chi connectivity index (χ4n) is 6.47. The molecule has 9 aromatic rings. The Morgan fingerprint density at radius 2 is 0.897 bits per heavy atom. The first kappa shape index (κ1) is 20.7. The molecule has 0 spiro atoms. The second kappa shape index (κ2) is 7.62. The number of nitrogens with zero attached hydrogens (tertiary/aromatic N) is 2. The molecule has 0 saturated carbocycles. The SMILES string of the molecule is c1ccc(-n2c3ccccc3c3ccc4c5ccccc5n(-c5ccc6oc7ccccc7c6c5)c4c32)cc1. The van der Waals surface area contributed by atoms with Crippen molar-refractivity contribution in [2.24, 2.45) is 0 Å². The molecule has 3 aromatic heterocycles. The summed E-state index contributed by atoms with van der Waals surface area (Å²) >= 11 is 0. The third kappa shape index (κ3) is 2.76. The van der Waals surface area contributed by atoms with Gasteiger partial charge in [0.1, 0.15) is 11.2 Å². The molecule has 0 unspecified atom stereocenters. The maximum atomic E-state index is 6.17. The van der Waals surface area contributed by atoms with Crippen LogP contribution in [0.3, 0.4) is 0 Å². The van der Waals surface area contributed by atoms with Gasteiger partial charge >= 0.3 is 0 Å². The van der Waals surface area contributed by atoms with Crippen LogP contribution < -0.4 is 0 Å². The summed E-state index contributed by atoms with van der Waals surface area (Å²) in [6, 6.07) is 47.6. The molecule has 39 heavy (non-hydrogen) atoms. The van der Waals surface area contributed by atoms with Crippen molar-refractivity contribution < 1.29 is 4.42 Å². The third-order valence-corrected chi connectivity index (χ3v) is 8.10. The fourth-order valence-corrected chi connectivity index (χ4v) is 6.47. The van der Waals surface area contributed by atoms with E-state index in [2.05, 4.69) is 130 Å². The van der Waals surface area contributed by atoms with Crippen LogP contribution in [-0.4, -0.2) is 9.13 Å². The molecule has 0 bridgehead atoms. The number of furan rings is 1. The summed E-state index contributed by atoms with van der Waals surface area (Å²) in [5.74, 6) is 0. The topological polar surface area (TPSA) is 23.0 Å². The van der Waals surface area contributed by atoms with Gasteiger partial charge in [-0.15, -0.1) is 0 Å². The lowest BCUT2D eigenvalue weighted by Crippen LogP contribution is -1.98. The van der Waals surface area contributed by atoms with Gasteiger partial charge in [0, 0.05) is 43.7 Å². The first-order valence-corrected chi connectivity index (χ1v) is 13.3. The molecule has 182 valence electrons. The van der Waals surface area contributed by atoms with Gasteiger partial charge in [0.15, 0.2) is 0 Å². The molecule has 6 aromatic carbocycles. The second-order valence-electron chi connectivity index (χ2n) is 10.2. The van der Waals surface area contributed by atoms with Crippen LogP contribution in [0.5, 0.6) is 0 Å². The van der Waals surface area contributed by atoms with E-state index in [1.807, 2.05) is 12.1 Å². The molecule has 0 atom stereocenters. The van der Waals surface area contributed by atoms with E-state index in [1.165, 1.54) is 43.6 Å². The summed E-state index contributed by atoms with van der Waals surface area (Å²) in [5.41, 5.74) is 8.93. The van der Waals surface area contributed by atoms with Crippen LogP contribution in [0.2, 0.25) is 0 Å². The molecule has 9 rings (SSSR count). The van der Waals surface area contributed by atoms with Crippen LogP contribution >= 0.6 is 0 Å². The number of hydrogen-bond donors (Lipinski definition) is 0. The van der Waals surface area contributed by atoms with E-state index in [9.17, 15) is 0 Å². The van der Waals surface area contributed by atoms with E-state index < -0.39 is 0 Å². The van der Waals surface area contributed by atoms with Gasteiger partial charge in [-0.25, -0.2) is 0 Å². The van der Waals surface area contributed by atoms with E-state index in [-0.39, 0.29) is 0 Å². The average Bonchev–Trinajstić information content (AvgIpc) is 3.65. The van der Waals surface area contributed by atoms with Gasteiger partial charge in [0.05, 0.1) is 22.1 Å². The maximum absolute atomic E-state index is 6.17. The van der Waals surface area contributed by atoms with E-state index in [0.717, 1.165) is 33.3 Å². The van der Waals surface area contributed by atoms with Crippen molar-refractivity contribution >= 4 is 65.6 Å². The Balaban J connectivity index is 1.51. The number of aromatic nitrogens is 2. The molecule has 0 saturated heterocycles. The van der Waals surface area contributed by atoms with Crippen molar-refractivity contribution in [2.75, 3.05) is 0 Å². The summed E-state index contributed by atoms with van der Waals surface area (Å²) in [6.45, 7) is 0. The summed E-state index contributed by atoms with van der Waals surface area (Å²) in [7, 11) is 0. The van der Waals surface area contributed by atoms with Crippen LogP contribution in [0.15, 0.2) is 138 Å². The highest BCUT2D eigenvalue weighted by atomic mass is 16.3. The first-order valence-electron chi connectivity index (χ1n) is 13.3. The van der Waals surface area contributed by atoms with Gasteiger partial charge in [0.2, 0.25) is 0 Å². The summed E-state index contributed by atoms with van der Waals surface area (Å²) in [6.07, 6.45) is 0. The molecule has 3 heterocycles. The van der Waals surface area contributed by atoms with E-state index in [1.54, 1.807) is 0 Å². The molecule has 0 aliphatic carbocycles. The quantitative estimate of drug-likeness (QED) is 0.233. The average molecular weight is 499 g/mol. The Hall–Kier alpha value is -5.28. The highest BCUT2D eigenvalue weighted by Crippen LogP contribution is 2.42. The number of rotatable bonds is 2. The van der Waals surface area contributed by atoms with Gasteiger partial charge in [0.25, 0.3) is 0 Å². The van der Waals surface area contributed by atoms with Gasteiger partial charge in [-0.2, -0.15) is 0 Å². The lowest BCUT2D eigenvalue weighted by atomic mass is 10.1. The predicted molar refractivity (Wildman–Crippen MR) is 162 cm³/mol. The van der Waals surface area contributed by atoms with Crippen LogP contribution in [0.4, 0.5) is 0 Å². The van der Waals surface area contributed by atoms with E-state index >= 15 is 0 Å². The summed E-state index contributed by atoms with van der Waals surface area (Å²) in [4.78, 5) is 0. The van der Waals surface area contributed by atoms with Crippen molar-refractivity contribution in [2.45, 2.75) is 0 Å². The highest BCUT2D eigenvalue weighted by Gasteiger charge is 2.21. The van der Waals surface area contributed by atoms with E-state index in [0.29, 0.717) is 0 Å². The summed E-state index contributed by atoms with van der Waals surface area (Å²) in [5, 5.41) is 7.27. The van der Waals surface area contributed by atoms with Crippen LogP contribution in [0.1, 0.15) is 0 Å². The molecule has 0 aliphatic heterocycles. The van der Waals surface area contributed by atoms with Gasteiger partial charge < -0.3 is 13.6 Å². The first-order chi connectivity index (χ1) is 19.4. The van der Waals surface area contributed by atoms with Gasteiger partial charge in [-0.1, -0.05) is 84.9 Å². The monoisotopic (exact) mass is 498 g/mol. The molecule has 3 nitrogen and oxygen atoms in total. The highest BCUT2D eigenvalue weighted by molar-refractivity contribution is 6.24. The molecule has 0 aliphatic rings. The third-order valence-electron chi connectivity index (χ3n) is 8.10. The minimum Gasteiger partial charge on any atom is -0.456 e. The number of benzene rings is 6. The standard InChI is InChI=1S/C36H22N2O/c1-2-10-23(11-3-1)37-31-15-7-4-12-25(31)28-19-20-29-26-13-5-8-16-32(26)38(36(29)35(28)37)24-18-21-34-30(22-24)27-14-6-9-17-33(27)39-34/h1-22H. The Bertz CT molecular complexity index is 2390. The Morgan fingerprint density at radius 1 is 0.359 bits per heavy atom. The Labute approximate surface area is 223 Å². The zero-order valence-corrected chi connectivity index (χ0v) is 21.0. The largest absolute Gasteiger partial charge is 0.456 e. The Morgan fingerprint density at radius 3 is 1.59 bits per heavy atom. The minimum atomic E-state index is 0.907. The molecule has 0 fully saturated rings. The lowest BCUT2D eigenvalue weighted by Gasteiger charge is -2.12. The van der Waals surface area contributed by atoms with Crippen molar-refractivity contribution in [3.05, 3.63) is 133 Å². The smallest absolute Gasteiger partial charge is 0.135 e. The zero-order valence-electron chi connectivity index (χ0n) is 21.0. The molecular weight excluding hydrogens is 476 g/mol. The number of hydrogen-bond acceptors (Lipinski definition) is 1. The minimum absolute atomic E-state index is 0.907. The second-order valence-corrected chi connectivity index (χ2v) is 10.2. The Kier molecular flexibility index (Phi) is 4.05. The normalized spacial score (nSPS) is 12.1. The van der Waals surface area contributed by atoms with Crippen molar-refractivity contribution in [3.63, 3.8) is 0 Å². The van der Waals surface area contributed by atoms with Gasteiger partial charge in [-0.05, 0) is 48.5 Å². The van der Waals surface area contributed by atoms with Crippen molar-refractivity contribution in [3.8, 4) is 11.4 Å². The number of fused-ring (bicyclic) bond motifs is 10. The molecule has 0 N–H and O–H groups in total. The molecule has 0 amide bonds. The molecule has 0 radical (unpaired) electrons. The number of para-hydroxylation sites is 4. The van der Waals surface area contributed by atoms with Gasteiger partial charge in [-0.3, -0.25) is 0 Å². The maximum Gasteiger partial charge on any atom is 0.135 e. The lowest BCUT2D eigenvalue weighted by molar-refractivity contribution is 0.669. The predicted octanol–water partition coefficient (Wildman–Crippen LogP) is 9.78.